The molecule has 3 rings (SSSR count). The average molecular weight is 358 g/mol. The first kappa shape index (κ1) is 17.3. The summed E-state index contributed by atoms with van der Waals surface area (Å²) in [5, 5.41) is 11.0. The van der Waals surface area contributed by atoms with E-state index < -0.39 is 39.1 Å². The summed E-state index contributed by atoms with van der Waals surface area (Å²) in [6.45, 7) is 1.04. The van der Waals surface area contributed by atoms with E-state index in [-0.39, 0.29) is 25.1 Å². The van der Waals surface area contributed by atoms with E-state index in [1.54, 1.807) is 6.07 Å². The molecule has 1 aromatic carbocycles. The summed E-state index contributed by atoms with van der Waals surface area (Å²) in [5.41, 5.74) is 0.170. The maximum Gasteiger partial charge on any atom is 0.320 e. The number of nitrogens with zero attached hydrogens (tertiary/aromatic N) is 1. The number of aliphatic carboxylic acids is 1. The number of carbonyl (C=O) groups is 1. The van der Waals surface area contributed by atoms with Crippen LogP contribution in [0.5, 0.6) is 0 Å². The standard InChI is InChI=1S/C15H19FN2O5S/c16-11-4-2-1-3-10(11)14-13(9-12(17-14)15(19)20)24(21,22)18-5-7-23-8-6-18/h1-4,12-14,17H,5-9H2,(H,19,20). The van der Waals surface area contributed by atoms with Gasteiger partial charge in [-0.05, 0) is 12.5 Å². The summed E-state index contributed by atoms with van der Waals surface area (Å²) in [5.74, 6) is -1.70. The highest BCUT2D eigenvalue weighted by Gasteiger charge is 2.48. The first-order valence-corrected chi connectivity index (χ1v) is 9.21. The average Bonchev–Trinajstić information content (AvgIpc) is 3.02. The van der Waals surface area contributed by atoms with Gasteiger partial charge < -0.3 is 9.84 Å². The summed E-state index contributed by atoms with van der Waals surface area (Å²) in [4.78, 5) is 11.3. The lowest BCUT2D eigenvalue weighted by Gasteiger charge is -2.31. The molecule has 0 spiro atoms. The van der Waals surface area contributed by atoms with Gasteiger partial charge in [0.25, 0.3) is 0 Å². The second-order valence-corrected chi connectivity index (χ2v) is 8.04. The van der Waals surface area contributed by atoms with Gasteiger partial charge in [0.2, 0.25) is 10.0 Å². The molecule has 2 N–H and O–H groups in total. The maximum absolute atomic E-state index is 14.2. The molecule has 0 saturated carbocycles. The van der Waals surface area contributed by atoms with Crippen LogP contribution in [0.2, 0.25) is 0 Å². The summed E-state index contributed by atoms with van der Waals surface area (Å²) < 4.78 is 46.6. The van der Waals surface area contributed by atoms with Crippen molar-refractivity contribution in [2.45, 2.75) is 23.8 Å². The summed E-state index contributed by atoms with van der Waals surface area (Å²) in [7, 11) is -3.78. The van der Waals surface area contributed by atoms with E-state index in [1.807, 2.05) is 0 Å². The number of carboxylic acid groups (broad SMARTS) is 1. The molecule has 0 amide bonds. The molecule has 3 atom stereocenters. The number of ether oxygens (including phenoxy) is 1. The highest BCUT2D eigenvalue weighted by molar-refractivity contribution is 7.89. The molecule has 2 aliphatic rings. The Balaban J connectivity index is 1.96. The van der Waals surface area contributed by atoms with Crippen LogP contribution in [0.3, 0.4) is 0 Å². The van der Waals surface area contributed by atoms with Crippen LogP contribution in [0.4, 0.5) is 4.39 Å². The second kappa shape index (κ2) is 6.75. The number of sulfonamides is 1. The number of nitrogens with one attached hydrogen (secondary N) is 1. The number of benzene rings is 1. The molecular formula is C15H19FN2O5S. The first-order valence-electron chi connectivity index (χ1n) is 7.71. The number of rotatable bonds is 4. The Labute approximate surface area is 139 Å². The molecule has 132 valence electrons. The fourth-order valence-corrected chi connectivity index (χ4v) is 5.28. The zero-order valence-corrected chi connectivity index (χ0v) is 13.7. The topological polar surface area (TPSA) is 95.9 Å². The summed E-state index contributed by atoms with van der Waals surface area (Å²) in [6.07, 6.45) is -0.103. The van der Waals surface area contributed by atoms with Crippen LogP contribution in [0.15, 0.2) is 24.3 Å². The molecule has 0 aromatic heterocycles. The minimum atomic E-state index is -3.78. The second-order valence-electron chi connectivity index (χ2n) is 5.89. The Hall–Kier alpha value is -1.55. The molecule has 2 saturated heterocycles. The highest BCUT2D eigenvalue weighted by Crippen LogP contribution is 2.35. The van der Waals surface area contributed by atoms with Gasteiger partial charge in [0.15, 0.2) is 0 Å². The summed E-state index contributed by atoms with van der Waals surface area (Å²) >= 11 is 0. The molecule has 2 aliphatic heterocycles. The Morgan fingerprint density at radius 1 is 1.29 bits per heavy atom. The molecule has 24 heavy (non-hydrogen) atoms. The quantitative estimate of drug-likeness (QED) is 0.806. The van der Waals surface area contributed by atoms with Crippen LogP contribution >= 0.6 is 0 Å². The molecule has 0 bridgehead atoms. The number of carboxylic acids is 1. The van der Waals surface area contributed by atoms with Gasteiger partial charge >= 0.3 is 5.97 Å². The van der Waals surface area contributed by atoms with Gasteiger partial charge in [0, 0.05) is 18.7 Å². The largest absolute Gasteiger partial charge is 0.480 e. The van der Waals surface area contributed by atoms with E-state index >= 15 is 0 Å². The Bertz CT molecular complexity index is 720. The third-order valence-corrected chi connectivity index (χ3v) is 6.79. The smallest absolute Gasteiger partial charge is 0.320 e. The molecule has 1 aromatic rings. The van der Waals surface area contributed by atoms with E-state index in [2.05, 4.69) is 5.32 Å². The Morgan fingerprint density at radius 3 is 2.58 bits per heavy atom. The van der Waals surface area contributed by atoms with Crippen molar-refractivity contribution in [1.82, 2.24) is 9.62 Å². The van der Waals surface area contributed by atoms with E-state index in [0.29, 0.717) is 13.2 Å². The van der Waals surface area contributed by atoms with Crippen LogP contribution in [0.1, 0.15) is 18.0 Å². The van der Waals surface area contributed by atoms with Crippen molar-refractivity contribution in [2.24, 2.45) is 0 Å². The fraction of sp³-hybridized carbons (Fsp3) is 0.533. The van der Waals surface area contributed by atoms with Gasteiger partial charge in [0.05, 0.1) is 24.5 Å². The molecular weight excluding hydrogens is 339 g/mol. The van der Waals surface area contributed by atoms with Gasteiger partial charge in [-0.3, -0.25) is 10.1 Å². The zero-order chi connectivity index (χ0) is 17.3. The number of hydrogen-bond donors (Lipinski definition) is 2. The highest BCUT2D eigenvalue weighted by atomic mass is 32.2. The van der Waals surface area contributed by atoms with Crippen molar-refractivity contribution in [3.8, 4) is 0 Å². The fourth-order valence-electron chi connectivity index (χ4n) is 3.24. The van der Waals surface area contributed by atoms with Crippen molar-refractivity contribution in [3.05, 3.63) is 35.6 Å². The maximum atomic E-state index is 14.2. The van der Waals surface area contributed by atoms with Crippen LogP contribution < -0.4 is 5.32 Å². The van der Waals surface area contributed by atoms with E-state index in [0.717, 1.165) is 0 Å². The van der Waals surface area contributed by atoms with Crippen molar-refractivity contribution in [1.29, 1.82) is 0 Å². The first-order chi connectivity index (χ1) is 11.4. The number of morpholine rings is 1. The molecule has 2 heterocycles. The molecule has 3 unspecified atom stereocenters. The molecule has 2 fully saturated rings. The van der Waals surface area contributed by atoms with Crippen LogP contribution in [0, 0.1) is 5.82 Å². The van der Waals surface area contributed by atoms with Crippen molar-refractivity contribution < 1.29 is 27.4 Å². The van der Waals surface area contributed by atoms with Crippen LogP contribution in [-0.2, 0) is 19.6 Å². The lowest BCUT2D eigenvalue weighted by molar-refractivity contribution is -0.139. The third-order valence-electron chi connectivity index (χ3n) is 4.47. The molecule has 0 radical (unpaired) electrons. The minimum absolute atomic E-state index is 0.103. The van der Waals surface area contributed by atoms with Crippen molar-refractivity contribution in [2.75, 3.05) is 26.3 Å². The lowest BCUT2D eigenvalue weighted by atomic mass is 10.0. The van der Waals surface area contributed by atoms with Gasteiger partial charge in [-0.25, -0.2) is 12.8 Å². The SMILES string of the molecule is O=C(O)C1CC(S(=O)(=O)N2CCOCC2)C(c2ccccc2F)N1. The van der Waals surface area contributed by atoms with Crippen LogP contribution in [0.25, 0.3) is 0 Å². The monoisotopic (exact) mass is 358 g/mol. The predicted octanol–water partition coefficient (Wildman–Crippen LogP) is 0.344. The van der Waals surface area contributed by atoms with Crippen molar-refractivity contribution in [3.63, 3.8) is 0 Å². The minimum Gasteiger partial charge on any atom is -0.480 e. The number of halogens is 1. The van der Waals surface area contributed by atoms with Gasteiger partial charge in [-0.2, -0.15) is 4.31 Å². The van der Waals surface area contributed by atoms with E-state index in [1.165, 1.54) is 22.5 Å². The van der Waals surface area contributed by atoms with Crippen molar-refractivity contribution >= 4 is 16.0 Å². The lowest BCUT2D eigenvalue weighted by Crippen LogP contribution is -2.46. The molecule has 0 aliphatic carbocycles. The normalized spacial score (nSPS) is 28.8. The Morgan fingerprint density at radius 2 is 1.96 bits per heavy atom. The van der Waals surface area contributed by atoms with Crippen LogP contribution in [-0.4, -0.2) is 61.4 Å². The third kappa shape index (κ3) is 3.16. The Kier molecular flexibility index (Phi) is 4.86. The van der Waals surface area contributed by atoms with Gasteiger partial charge in [0.1, 0.15) is 11.9 Å². The van der Waals surface area contributed by atoms with Gasteiger partial charge in [-0.1, -0.05) is 18.2 Å². The molecule has 7 nitrogen and oxygen atoms in total. The van der Waals surface area contributed by atoms with E-state index in [9.17, 15) is 22.7 Å². The zero-order valence-electron chi connectivity index (χ0n) is 12.9. The van der Waals surface area contributed by atoms with Gasteiger partial charge in [-0.15, -0.1) is 0 Å². The molecule has 9 heteroatoms. The number of hydrogen-bond acceptors (Lipinski definition) is 5. The summed E-state index contributed by atoms with van der Waals surface area (Å²) in [6, 6.07) is 3.90. The predicted molar refractivity (Wildman–Crippen MR) is 83.4 cm³/mol. The van der Waals surface area contributed by atoms with E-state index in [4.69, 9.17) is 4.74 Å².